The SMILES string of the molecule is CCCNC(c1cncnc1)c1ccc(C)nc1C. The zero-order valence-corrected chi connectivity index (χ0v) is 11.7. The molecule has 2 aromatic heterocycles. The summed E-state index contributed by atoms with van der Waals surface area (Å²) < 4.78 is 0. The lowest BCUT2D eigenvalue weighted by Crippen LogP contribution is -2.24. The molecular weight excluding hydrogens is 236 g/mol. The summed E-state index contributed by atoms with van der Waals surface area (Å²) in [6.45, 7) is 7.17. The molecule has 4 heteroatoms. The Kier molecular flexibility index (Phi) is 4.58. The van der Waals surface area contributed by atoms with Gasteiger partial charge in [-0.15, -0.1) is 0 Å². The Bertz CT molecular complexity index is 525. The molecule has 19 heavy (non-hydrogen) atoms. The lowest BCUT2D eigenvalue weighted by Gasteiger charge is -2.20. The Hall–Kier alpha value is -1.81. The highest BCUT2D eigenvalue weighted by atomic mass is 14.9. The van der Waals surface area contributed by atoms with E-state index in [1.54, 1.807) is 6.33 Å². The third-order valence-corrected chi connectivity index (χ3v) is 3.09. The fourth-order valence-corrected chi connectivity index (χ4v) is 2.16. The molecule has 0 saturated heterocycles. The summed E-state index contributed by atoms with van der Waals surface area (Å²) >= 11 is 0. The van der Waals surface area contributed by atoms with Crippen LogP contribution in [0.4, 0.5) is 0 Å². The van der Waals surface area contributed by atoms with Gasteiger partial charge in [0.2, 0.25) is 0 Å². The molecule has 0 fully saturated rings. The normalized spacial score (nSPS) is 12.4. The molecule has 0 amide bonds. The molecule has 100 valence electrons. The highest BCUT2D eigenvalue weighted by Gasteiger charge is 2.16. The largest absolute Gasteiger partial charge is 0.306 e. The first kappa shape index (κ1) is 13.6. The Morgan fingerprint density at radius 3 is 2.53 bits per heavy atom. The number of hydrogen-bond acceptors (Lipinski definition) is 4. The number of nitrogens with one attached hydrogen (secondary N) is 1. The first-order valence-electron chi connectivity index (χ1n) is 6.64. The smallest absolute Gasteiger partial charge is 0.115 e. The number of aromatic nitrogens is 3. The quantitative estimate of drug-likeness (QED) is 0.893. The first-order valence-corrected chi connectivity index (χ1v) is 6.64. The minimum absolute atomic E-state index is 0.106. The highest BCUT2D eigenvalue weighted by Crippen LogP contribution is 2.23. The molecule has 2 heterocycles. The van der Waals surface area contributed by atoms with E-state index in [1.807, 2.05) is 32.3 Å². The first-order chi connectivity index (χ1) is 9.22. The van der Waals surface area contributed by atoms with Crippen LogP contribution >= 0.6 is 0 Å². The minimum atomic E-state index is 0.106. The van der Waals surface area contributed by atoms with Crippen molar-refractivity contribution in [1.29, 1.82) is 0 Å². The van der Waals surface area contributed by atoms with E-state index in [1.165, 1.54) is 5.56 Å². The van der Waals surface area contributed by atoms with Crippen LogP contribution in [-0.4, -0.2) is 21.5 Å². The van der Waals surface area contributed by atoms with Crippen LogP contribution in [0.25, 0.3) is 0 Å². The topological polar surface area (TPSA) is 50.7 Å². The zero-order valence-electron chi connectivity index (χ0n) is 11.7. The van der Waals surface area contributed by atoms with Crippen LogP contribution in [0.5, 0.6) is 0 Å². The summed E-state index contributed by atoms with van der Waals surface area (Å²) in [5.41, 5.74) is 4.36. The molecule has 0 bridgehead atoms. The van der Waals surface area contributed by atoms with E-state index < -0.39 is 0 Å². The molecule has 0 aliphatic heterocycles. The van der Waals surface area contributed by atoms with Crippen molar-refractivity contribution in [3.8, 4) is 0 Å². The molecule has 0 aliphatic carbocycles. The summed E-state index contributed by atoms with van der Waals surface area (Å²) in [7, 11) is 0. The Balaban J connectivity index is 2.37. The monoisotopic (exact) mass is 256 g/mol. The van der Waals surface area contributed by atoms with Gasteiger partial charge < -0.3 is 5.32 Å². The Labute approximate surface area is 114 Å². The number of pyridine rings is 1. The van der Waals surface area contributed by atoms with Crippen LogP contribution in [0.1, 0.15) is 41.9 Å². The van der Waals surface area contributed by atoms with Crippen molar-refractivity contribution in [2.24, 2.45) is 0 Å². The van der Waals surface area contributed by atoms with Crippen LogP contribution in [0.3, 0.4) is 0 Å². The average Bonchev–Trinajstić information content (AvgIpc) is 2.42. The van der Waals surface area contributed by atoms with Gasteiger partial charge in [0.25, 0.3) is 0 Å². The fraction of sp³-hybridized carbons (Fsp3) is 0.400. The molecule has 0 radical (unpaired) electrons. The molecule has 2 aromatic rings. The van der Waals surface area contributed by atoms with E-state index >= 15 is 0 Å². The van der Waals surface area contributed by atoms with E-state index in [-0.39, 0.29) is 6.04 Å². The van der Waals surface area contributed by atoms with Gasteiger partial charge in [-0.1, -0.05) is 13.0 Å². The van der Waals surface area contributed by atoms with Crippen molar-refractivity contribution in [1.82, 2.24) is 20.3 Å². The standard InChI is InChI=1S/C15H20N4/c1-4-7-18-15(13-8-16-10-17-9-13)14-6-5-11(2)19-12(14)3/h5-6,8-10,15,18H,4,7H2,1-3H3. The van der Waals surface area contributed by atoms with Crippen molar-refractivity contribution in [2.75, 3.05) is 6.54 Å². The number of nitrogens with zero attached hydrogens (tertiary/aromatic N) is 3. The summed E-state index contributed by atoms with van der Waals surface area (Å²) in [6.07, 6.45) is 6.36. The van der Waals surface area contributed by atoms with Crippen molar-refractivity contribution in [3.63, 3.8) is 0 Å². The van der Waals surface area contributed by atoms with Crippen LogP contribution in [-0.2, 0) is 0 Å². The van der Waals surface area contributed by atoms with Crippen LogP contribution in [0.15, 0.2) is 30.9 Å². The van der Waals surface area contributed by atoms with Gasteiger partial charge in [0.1, 0.15) is 6.33 Å². The molecule has 1 N–H and O–H groups in total. The lowest BCUT2D eigenvalue weighted by molar-refractivity contribution is 0.590. The molecule has 4 nitrogen and oxygen atoms in total. The molecule has 0 spiro atoms. The maximum absolute atomic E-state index is 4.55. The second-order valence-electron chi connectivity index (χ2n) is 4.69. The summed E-state index contributed by atoms with van der Waals surface area (Å²) in [6, 6.07) is 4.29. The van der Waals surface area contributed by atoms with Gasteiger partial charge in [-0.05, 0) is 38.4 Å². The highest BCUT2D eigenvalue weighted by molar-refractivity contribution is 5.32. The van der Waals surface area contributed by atoms with E-state index in [0.29, 0.717) is 0 Å². The van der Waals surface area contributed by atoms with Gasteiger partial charge in [0.15, 0.2) is 0 Å². The third kappa shape index (κ3) is 3.35. The van der Waals surface area contributed by atoms with Gasteiger partial charge in [0, 0.05) is 29.3 Å². The van der Waals surface area contributed by atoms with Gasteiger partial charge in [-0.25, -0.2) is 9.97 Å². The lowest BCUT2D eigenvalue weighted by atomic mass is 9.99. The van der Waals surface area contributed by atoms with Gasteiger partial charge >= 0.3 is 0 Å². The van der Waals surface area contributed by atoms with Crippen molar-refractivity contribution in [3.05, 3.63) is 53.4 Å². The van der Waals surface area contributed by atoms with E-state index in [0.717, 1.165) is 29.9 Å². The predicted octanol–water partition coefficient (Wildman–Crippen LogP) is 2.58. The number of hydrogen-bond donors (Lipinski definition) is 1. The van der Waals surface area contributed by atoms with Crippen LogP contribution < -0.4 is 5.32 Å². The van der Waals surface area contributed by atoms with E-state index in [2.05, 4.69) is 33.3 Å². The molecule has 0 saturated carbocycles. The second kappa shape index (κ2) is 6.38. The Morgan fingerprint density at radius 2 is 1.89 bits per heavy atom. The minimum Gasteiger partial charge on any atom is -0.306 e. The molecular formula is C15H20N4. The van der Waals surface area contributed by atoms with Gasteiger partial charge in [-0.3, -0.25) is 4.98 Å². The average molecular weight is 256 g/mol. The third-order valence-electron chi connectivity index (χ3n) is 3.09. The van der Waals surface area contributed by atoms with Crippen molar-refractivity contribution in [2.45, 2.75) is 33.2 Å². The summed E-state index contributed by atoms with van der Waals surface area (Å²) in [5, 5.41) is 3.54. The van der Waals surface area contributed by atoms with Crippen LogP contribution in [0.2, 0.25) is 0 Å². The summed E-state index contributed by atoms with van der Waals surface area (Å²) in [5.74, 6) is 0. The fourth-order valence-electron chi connectivity index (χ4n) is 2.16. The molecule has 2 rings (SSSR count). The van der Waals surface area contributed by atoms with Crippen molar-refractivity contribution < 1.29 is 0 Å². The van der Waals surface area contributed by atoms with Gasteiger partial charge in [0.05, 0.1) is 6.04 Å². The molecule has 0 aromatic carbocycles. The maximum Gasteiger partial charge on any atom is 0.115 e. The molecule has 1 atom stereocenters. The molecule has 0 aliphatic rings. The van der Waals surface area contributed by atoms with Crippen LogP contribution in [0, 0.1) is 13.8 Å². The second-order valence-corrected chi connectivity index (χ2v) is 4.69. The number of rotatable bonds is 5. The maximum atomic E-state index is 4.55. The predicted molar refractivity (Wildman–Crippen MR) is 75.9 cm³/mol. The van der Waals surface area contributed by atoms with E-state index in [9.17, 15) is 0 Å². The molecule has 1 unspecified atom stereocenters. The summed E-state index contributed by atoms with van der Waals surface area (Å²) in [4.78, 5) is 12.8. The number of aryl methyl sites for hydroxylation is 2. The Morgan fingerprint density at radius 1 is 1.16 bits per heavy atom. The zero-order chi connectivity index (χ0) is 13.7. The van der Waals surface area contributed by atoms with Gasteiger partial charge in [-0.2, -0.15) is 0 Å². The van der Waals surface area contributed by atoms with E-state index in [4.69, 9.17) is 0 Å². The van der Waals surface area contributed by atoms with Crippen molar-refractivity contribution >= 4 is 0 Å².